The third kappa shape index (κ3) is 2.77. The molecule has 0 spiro atoms. The van der Waals surface area contributed by atoms with Gasteiger partial charge in [-0.15, -0.1) is 0 Å². The Kier molecular flexibility index (Phi) is 4.60. The maximum atomic E-state index is 12.4. The van der Waals surface area contributed by atoms with E-state index in [1.165, 1.54) is 5.56 Å². The monoisotopic (exact) mass is 326 g/mol. The number of ether oxygens (including phenoxy) is 2. The molecule has 1 aliphatic heterocycles. The van der Waals surface area contributed by atoms with Crippen LogP contribution in [-0.4, -0.2) is 38.7 Å². The molecule has 0 aromatic heterocycles. The van der Waals surface area contributed by atoms with Gasteiger partial charge in [-0.2, -0.15) is 0 Å². The molecule has 2 aromatic rings. The molecule has 3 rings (SSSR count). The average Bonchev–Trinajstić information content (AvgIpc) is 2.65. The molecule has 0 saturated heterocycles. The molecular weight excluding hydrogens is 304 g/mol. The Hall–Kier alpha value is -2.69. The Balaban J connectivity index is 2.15. The molecule has 2 aromatic carbocycles. The topological polar surface area (TPSA) is 50.8 Å². The quantitative estimate of drug-likeness (QED) is 0.943. The number of fused-ring (bicyclic) bond motifs is 1. The number of urea groups is 1. The maximum absolute atomic E-state index is 12.4. The minimum absolute atomic E-state index is 0.0794. The molecule has 24 heavy (non-hydrogen) atoms. The summed E-state index contributed by atoms with van der Waals surface area (Å²) in [4.78, 5) is 14.3. The van der Waals surface area contributed by atoms with E-state index in [1.807, 2.05) is 47.4 Å². The average molecular weight is 326 g/mol. The molecule has 1 aliphatic rings. The summed E-state index contributed by atoms with van der Waals surface area (Å²) in [7, 11) is 4.92. The van der Waals surface area contributed by atoms with E-state index < -0.39 is 0 Å². The molecule has 0 fully saturated rings. The highest BCUT2D eigenvalue weighted by Gasteiger charge is 2.32. The van der Waals surface area contributed by atoms with E-state index in [2.05, 4.69) is 5.32 Å². The predicted octanol–water partition coefficient (Wildman–Crippen LogP) is 2.99. The molecule has 1 heterocycles. The molecule has 0 unspecified atom stereocenters. The lowest BCUT2D eigenvalue weighted by Gasteiger charge is -2.37. The molecular formula is C19H22N2O3. The van der Waals surface area contributed by atoms with Crippen molar-refractivity contribution < 1.29 is 14.3 Å². The minimum Gasteiger partial charge on any atom is -0.493 e. The zero-order valence-electron chi connectivity index (χ0n) is 14.2. The van der Waals surface area contributed by atoms with Gasteiger partial charge in [0.05, 0.1) is 20.3 Å². The van der Waals surface area contributed by atoms with Crippen LogP contribution in [0.2, 0.25) is 0 Å². The SMILES string of the molecule is CNC(=O)N1CCc2cc(OC)c(OC)cc2[C@H]1c1ccccc1. The lowest BCUT2D eigenvalue weighted by molar-refractivity contribution is 0.182. The van der Waals surface area contributed by atoms with Gasteiger partial charge in [-0.05, 0) is 35.2 Å². The van der Waals surface area contributed by atoms with Crippen LogP contribution in [0.15, 0.2) is 42.5 Å². The molecule has 5 heteroatoms. The van der Waals surface area contributed by atoms with E-state index in [-0.39, 0.29) is 12.1 Å². The van der Waals surface area contributed by atoms with E-state index in [1.54, 1.807) is 21.3 Å². The lowest BCUT2D eigenvalue weighted by atomic mass is 9.88. The van der Waals surface area contributed by atoms with E-state index in [0.29, 0.717) is 12.3 Å². The van der Waals surface area contributed by atoms with Crippen LogP contribution in [0.5, 0.6) is 11.5 Å². The molecule has 1 N–H and O–H groups in total. The van der Waals surface area contributed by atoms with E-state index in [4.69, 9.17) is 9.47 Å². The van der Waals surface area contributed by atoms with Crippen molar-refractivity contribution in [3.05, 3.63) is 59.2 Å². The third-order valence-corrected chi connectivity index (χ3v) is 4.46. The molecule has 0 bridgehead atoms. The lowest BCUT2D eigenvalue weighted by Crippen LogP contribution is -2.44. The van der Waals surface area contributed by atoms with Crippen molar-refractivity contribution in [2.24, 2.45) is 0 Å². The second-order valence-corrected chi connectivity index (χ2v) is 5.72. The smallest absolute Gasteiger partial charge is 0.317 e. The number of hydrogen-bond acceptors (Lipinski definition) is 3. The van der Waals surface area contributed by atoms with E-state index in [9.17, 15) is 4.79 Å². The van der Waals surface area contributed by atoms with Crippen LogP contribution in [-0.2, 0) is 6.42 Å². The van der Waals surface area contributed by atoms with Crippen molar-refractivity contribution in [2.45, 2.75) is 12.5 Å². The number of rotatable bonds is 3. The highest BCUT2D eigenvalue weighted by molar-refractivity contribution is 5.76. The van der Waals surface area contributed by atoms with Gasteiger partial charge in [0, 0.05) is 13.6 Å². The molecule has 2 amide bonds. The van der Waals surface area contributed by atoms with Crippen LogP contribution in [0.1, 0.15) is 22.7 Å². The van der Waals surface area contributed by atoms with Crippen molar-refractivity contribution >= 4 is 6.03 Å². The highest BCUT2D eigenvalue weighted by atomic mass is 16.5. The van der Waals surface area contributed by atoms with Gasteiger partial charge in [0.1, 0.15) is 0 Å². The first-order valence-electron chi connectivity index (χ1n) is 7.97. The molecule has 0 saturated carbocycles. The number of carbonyl (C=O) groups is 1. The van der Waals surface area contributed by atoms with Crippen molar-refractivity contribution in [1.82, 2.24) is 10.2 Å². The fourth-order valence-electron chi connectivity index (χ4n) is 3.30. The standard InChI is InChI=1S/C19H22N2O3/c1-20-19(22)21-10-9-14-11-16(23-2)17(24-3)12-15(14)18(21)13-7-5-4-6-8-13/h4-8,11-12,18H,9-10H2,1-3H3,(H,20,22)/t18-/m1/s1. The number of hydrogen-bond donors (Lipinski definition) is 1. The Labute approximate surface area is 142 Å². The van der Waals surface area contributed by atoms with E-state index in [0.717, 1.165) is 23.3 Å². The summed E-state index contributed by atoms with van der Waals surface area (Å²) in [6.07, 6.45) is 0.784. The summed E-state index contributed by atoms with van der Waals surface area (Å²) in [5.41, 5.74) is 3.34. The largest absolute Gasteiger partial charge is 0.493 e. The Morgan fingerprint density at radius 2 is 1.79 bits per heavy atom. The first-order valence-corrected chi connectivity index (χ1v) is 7.97. The van der Waals surface area contributed by atoms with Crippen LogP contribution >= 0.6 is 0 Å². The van der Waals surface area contributed by atoms with Gasteiger partial charge >= 0.3 is 6.03 Å². The first-order chi connectivity index (χ1) is 11.7. The summed E-state index contributed by atoms with van der Waals surface area (Å²) in [5.74, 6) is 1.40. The first kappa shape index (κ1) is 16.2. The number of nitrogens with one attached hydrogen (secondary N) is 1. The van der Waals surface area contributed by atoms with Gasteiger partial charge in [-0.25, -0.2) is 4.79 Å². The molecule has 0 radical (unpaired) electrons. The second kappa shape index (κ2) is 6.83. The summed E-state index contributed by atoms with van der Waals surface area (Å²) in [5, 5.41) is 2.75. The van der Waals surface area contributed by atoms with Gasteiger partial charge in [0.2, 0.25) is 0 Å². The number of amides is 2. The van der Waals surface area contributed by atoms with Crippen LogP contribution in [0.3, 0.4) is 0 Å². The normalized spacial score (nSPS) is 16.3. The zero-order chi connectivity index (χ0) is 17.1. The number of nitrogens with zero attached hydrogens (tertiary/aromatic N) is 1. The Morgan fingerprint density at radius 1 is 1.12 bits per heavy atom. The van der Waals surface area contributed by atoms with Gasteiger partial charge < -0.3 is 19.7 Å². The number of methoxy groups -OCH3 is 2. The number of carbonyl (C=O) groups excluding carboxylic acids is 1. The fraction of sp³-hybridized carbons (Fsp3) is 0.316. The van der Waals surface area contributed by atoms with Crippen molar-refractivity contribution in [3.63, 3.8) is 0 Å². The summed E-state index contributed by atoms with van der Waals surface area (Å²) >= 11 is 0. The highest BCUT2D eigenvalue weighted by Crippen LogP contribution is 2.40. The third-order valence-electron chi connectivity index (χ3n) is 4.46. The summed E-state index contributed by atoms with van der Waals surface area (Å²) in [6, 6.07) is 13.8. The van der Waals surface area contributed by atoms with Crippen LogP contribution < -0.4 is 14.8 Å². The van der Waals surface area contributed by atoms with Crippen molar-refractivity contribution in [1.29, 1.82) is 0 Å². The van der Waals surface area contributed by atoms with Gasteiger partial charge in [-0.3, -0.25) is 0 Å². The van der Waals surface area contributed by atoms with Crippen molar-refractivity contribution in [2.75, 3.05) is 27.8 Å². The minimum atomic E-state index is -0.144. The second-order valence-electron chi connectivity index (χ2n) is 5.72. The van der Waals surface area contributed by atoms with Gasteiger partial charge in [0.15, 0.2) is 11.5 Å². The summed E-state index contributed by atoms with van der Waals surface area (Å²) in [6.45, 7) is 0.654. The zero-order valence-corrected chi connectivity index (χ0v) is 14.2. The fourth-order valence-corrected chi connectivity index (χ4v) is 3.30. The van der Waals surface area contributed by atoms with Gasteiger partial charge in [-0.1, -0.05) is 30.3 Å². The van der Waals surface area contributed by atoms with Crippen molar-refractivity contribution in [3.8, 4) is 11.5 Å². The predicted molar refractivity (Wildman–Crippen MR) is 92.7 cm³/mol. The summed E-state index contributed by atoms with van der Waals surface area (Å²) < 4.78 is 10.9. The van der Waals surface area contributed by atoms with Gasteiger partial charge in [0.25, 0.3) is 0 Å². The molecule has 126 valence electrons. The molecule has 5 nitrogen and oxygen atoms in total. The Bertz CT molecular complexity index is 731. The molecule has 0 aliphatic carbocycles. The number of benzene rings is 2. The van der Waals surface area contributed by atoms with E-state index >= 15 is 0 Å². The van der Waals surface area contributed by atoms with Crippen LogP contribution in [0.4, 0.5) is 4.79 Å². The molecule has 1 atom stereocenters. The maximum Gasteiger partial charge on any atom is 0.317 e. The Morgan fingerprint density at radius 3 is 2.42 bits per heavy atom. The van der Waals surface area contributed by atoms with Crippen LogP contribution in [0.25, 0.3) is 0 Å². The van der Waals surface area contributed by atoms with Crippen LogP contribution in [0, 0.1) is 0 Å².